The number of amides is 1. The van der Waals surface area contributed by atoms with Gasteiger partial charge in [0.15, 0.2) is 0 Å². The summed E-state index contributed by atoms with van der Waals surface area (Å²) in [4.78, 5) is 13.7. The molecule has 0 aliphatic carbocycles. The topological polar surface area (TPSA) is 41.6 Å². The number of hydrogen-bond acceptors (Lipinski definition) is 3. The van der Waals surface area contributed by atoms with E-state index in [1.165, 1.54) is 16.8 Å². The molecule has 0 heterocycles. The highest BCUT2D eigenvalue weighted by Gasteiger charge is 2.15. The van der Waals surface area contributed by atoms with Crippen molar-refractivity contribution in [2.45, 2.75) is 102 Å². The Morgan fingerprint density at radius 2 is 1.15 bits per heavy atom. The van der Waals surface area contributed by atoms with Crippen LogP contribution in [0, 0.1) is 13.8 Å². The molecule has 4 nitrogen and oxygen atoms in total. The standard InChI is InChI=1S/C13H19NO2.C11H17N.3C2H6/c1-10-5-7-11(8-6-10)9-14-12(15)16-13(2,3)4;1-4-12(5-2)11-8-6-10(3)7-9-11;3*1-2/h5-8H,9H2,1-4H3,(H,14,15);6-9H,4-5H2,1-3H3;3*1-2H3. The number of hydrogen-bond donors (Lipinski definition) is 1. The molecule has 0 aliphatic heterocycles. The predicted molar refractivity (Wildman–Crippen MR) is 153 cm³/mol. The van der Waals surface area contributed by atoms with Gasteiger partial charge in [-0.2, -0.15) is 0 Å². The summed E-state index contributed by atoms with van der Waals surface area (Å²) < 4.78 is 5.13. The van der Waals surface area contributed by atoms with E-state index >= 15 is 0 Å². The Bertz CT molecular complexity index is 698. The fourth-order valence-corrected chi connectivity index (χ4v) is 2.54. The van der Waals surface area contributed by atoms with Gasteiger partial charge in [0.2, 0.25) is 0 Å². The van der Waals surface area contributed by atoms with E-state index in [4.69, 9.17) is 4.74 Å². The lowest BCUT2D eigenvalue weighted by molar-refractivity contribution is 0.0523. The molecule has 2 aromatic rings. The van der Waals surface area contributed by atoms with Gasteiger partial charge in [-0.05, 0) is 66.2 Å². The minimum absolute atomic E-state index is 0.381. The van der Waals surface area contributed by atoms with Crippen LogP contribution in [0.5, 0.6) is 0 Å². The van der Waals surface area contributed by atoms with Crippen LogP contribution in [0.25, 0.3) is 0 Å². The lowest BCUT2D eigenvalue weighted by Gasteiger charge is -2.20. The maximum Gasteiger partial charge on any atom is 0.407 e. The molecule has 0 aromatic heterocycles. The molecule has 4 heteroatoms. The van der Waals surface area contributed by atoms with E-state index in [-0.39, 0.29) is 6.09 Å². The monoisotopic (exact) mass is 474 g/mol. The number of alkyl carbamates (subject to hydrolysis) is 1. The SMILES string of the molecule is CC.CC.CC.CCN(CC)c1ccc(C)cc1.Cc1ccc(CNC(=O)OC(C)(C)C)cc1. The van der Waals surface area contributed by atoms with Crippen LogP contribution in [0.15, 0.2) is 48.5 Å². The average molecular weight is 475 g/mol. The second-order valence-corrected chi connectivity index (χ2v) is 7.85. The minimum Gasteiger partial charge on any atom is -0.444 e. The first-order chi connectivity index (χ1) is 16.1. The van der Waals surface area contributed by atoms with Crippen LogP contribution in [-0.2, 0) is 11.3 Å². The van der Waals surface area contributed by atoms with Crippen molar-refractivity contribution in [3.05, 3.63) is 65.2 Å². The molecule has 0 atom stereocenters. The molecular formula is C30H54N2O2. The lowest BCUT2D eigenvalue weighted by atomic mass is 10.1. The summed E-state index contributed by atoms with van der Waals surface area (Å²) in [7, 11) is 0. The molecule has 0 aliphatic rings. The predicted octanol–water partition coefficient (Wildman–Crippen LogP) is 8.94. The van der Waals surface area contributed by atoms with Crippen molar-refractivity contribution in [1.82, 2.24) is 5.32 Å². The molecule has 0 spiro atoms. The number of ether oxygens (including phenoxy) is 1. The second kappa shape index (κ2) is 22.3. The molecule has 0 radical (unpaired) electrons. The summed E-state index contributed by atoms with van der Waals surface area (Å²) in [5, 5.41) is 2.71. The van der Waals surface area contributed by atoms with Crippen molar-refractivity contribution < 1.29 is 9.53 Å². The molecule has 196 valence electrons. The van der Waals surface area contributed by atoms with Crippen molar-refractivity contribution in [2.24, 2.45) is 0 Å². The zero-order valence-electron chi connectivity index (χ0n) is 24.5. The molecule has 34 heavy (non-hydrogen) atoms. The first kappa shape index (κ1) is 36.1. The highest BCUT2D eigenvalue weighted by molar-refractivity contribution is 5.67. The minimum atomic E-state index is -0.447. The molecule has 0 saturated carbocycles. The third kappa shape index (κ3) is 19.0. The van der Waals surface area contributed by atoms with Crippen molar-refractivity contribution >= 4 is 11.8 Å². The zero-order valence-corrected chi connectivity index (χ0v) is 24.5. The first-order valence-corrected chi connectivity index (χ1v) is 13.0. The van der Waals surface area contributed by atoms with Gasteiger partial charge >= 0.3 is 6.09 Å². The van der Waals surface area contributed by atoms with Gasteiger partial charge in [-0.15, -0.1) is 0 Å². The molecule has 2 aromatic carbocycles. The molecular weight excluding hydrogens is 420 g/mol. The Kier molecular flexibility index (Phi) is 23.7. The third-order valence-corrected chi connectivity index (χ3v) is 4.12. The number of benzene rings is 2. The quantitative estimate of drug-likeness (QED) is 0.470. The van der Waals surface area contributed by atoms with E-state index in [1.54, 1.807) is 0 Å². The molecule has 0 saturated heterocycles. The van der Waals surface area contributed by atoms with Crippen LogP contribution in [0.2, 0.25) is 0 Å². The van der Waals surface area contributed by atoms with Gasteiger partial charge in [0.1, 0.15) is 5.60 Å². The fourth-order valence-electron chi connectivity index (χ4n) is 2.54. The number of nitrogens with one attached hydrogen (secondary N) is 1. The van der Waals surface area contributed by atoms with Crippen molar-refractivity contribution in [1.29, 1.82) is 0 Å². The molecule has 2 rings (SSSR count). The Morgan fingerprint density at radius 1 is 0.765 bits per heavy atom. The highest BCUT2D eigenvalue weighted by Crippen LogP contribution is 2.14. The zero-order chi connectivity index (χ0) is 27.2. The molecule has 0 bridgehead atoms. The number of nitrogens with zero attached hydrogens (tertiary/aromatic N) is 1. The van der Waals surface area contributed by atoms with Gasteiger partial charge < -0.3 is 15.0 Å². The van der Waals surface area contributed by atoms with Gasteiger partial charge in [0, 0.05) is 25.3 Å². The summed E-state index contributed by atoms with van der Waals surface area (Å²) in [6.07, 6.45) is -0.381. The summed E-state index contributed by atoms with van der Waals surface area (Å²) >= 11 is 0. The van der Waals surface area contributed by atoms with Crippen LogP contribution in [0.1, 0.15) is 92.9 Å². The number of carbonyl (C=O) groups excluding carboxylic acids is 1. The molecule has 1 amide bonds. The maximum absolute atomic E-state index is 11.4. The van der Waals surface area contributed by atoms with Crippen molar-refractivity contribution in [3.8, 4) is 0 Å². The highest BCUT2D eigenvalue weighted by atomic mass is 16.6. The smallest absolute Gasteiger partial charge is 0.407 e. The largest absolute Gasteiger partial charge is 0.444 e. The second-order valence-electron chi connectivity index (χ2n) is 7.85. The summed E-state index contributed by atoms with van der Waals surface area (Å²) in [5.41, 5.74) is 4.48. The van der Waals surface area contributed by atoms with Crippen LogP contribution >= 0.6 is 0 Å². The molecule has 0 unspecified atom stereocenters. The Labute approximate surface area is 212 Å². The summed E-state index contributed by atoms with van der Waals surface area (Å²) in [6.45, 7) is 28.7. The maximum atomic E-state index is 11.4. The first-order valence-electron chi connectivity index (χ1n) is 13.0. The average Bonchev–Trinajstić information content (AvgIpc) is 2.84. The number of anilines is 1. The van der Waals surface area contributed by atoms with Crippen LogP contribution < -0.4 is 10.2 Å². The molecule has 0 fully saturated rings. The Balaban J connectivity index is -0.000000474. The van der Waals surface area contributed by atoms with Gasteiger partial charge in [0.05, 0.1) is 0 Å². The van der Waals surface area contributed by atoms with Gasteiger partial charge in [0.25, 0.3) is 0 Å². The number of carbonyl (C=O) groups is 1. The number of aryl methyl sites for hydroxylation is 2. The van der Waals surface area contributed by atoms with Crippen molar-refractivity contribution in [2.75, 3.05) is 18.0 Å². The van der Waals surface area contributed by atoms with E-state index < -0.39 is 5.60 Å². The fraction of sp³-hybridized carbons (Fsp3) is 0.567. The van der Waals surface area contributed by atoms with Crippen LogP contribution in [0.4, 0.5) is 10.5 Å². The summed E-state index contributed by atoms with van der Waals surface area (Å²) in [5.74, 6) is 0. The Morgan fingerprint density at radius 3 is 1.50 bits per heavy atom. The third-order valence-electron chi connectivity index (χ3n) is 4.12. The van der Waals surface area contributed by atoms with E-state index in [9.17, 15) is 4.79 Å². The van der Waals surface area contributed by atoms with E-state index in [0.29, 0.717) is 6.54 Å². The van der Waals surface area contributed by atoms with Gasteiger partial charge in [-0.1, -0.05) is 89.1 Å². The van der Waals surface area contributed by atoms with Gasteiger partial charge in [-0.25, -0.2) is 4.79 Å². The van der Waals surface area contributed by atoms with E-state index in [2.05, 4.69) is 55.3 Å². The summed E-state index contributed by atoms with van der Waals surface area (Å²) in [6, 6.07) is 16.7. The van der Waals surface area contributed by atoms with Crippen LogP contribution in [0.3, 0.4) is 0 Å². The van der Waals surface area contributed by atoms with Gasteiger partial charge in [-0.3, -0.25) is 0 Å². The van der Waals surface area contributed by atoms with E-state index in [0.717, 1.165) is 18.7 Å². The normalized spacial score (nSPS) is 9.21. The Hall–Kier alpha value is -2.49. The van der Waals surface area contributed by atoms with E-state index in [1.807, 2.05) is 93.5 Å². The van der Waals surface area contributed by atoms with Crippen LogP contribution in [-0.4, -0.2) is 24.8 Å². The molecule has 1 N–H and O–H groups in total. The van der Waals surface area contributed by atoms with Crippen molar-refractivity contribution in [3.63, 3.8) is 0 Å². The lowest BCUT2D eigenvalue weighted by Crippen LogP contribution is -2.32. The number of rotatable bonds is 5.